The molecule has 0 bridgehead atoms. The second kappa shape index (κ2) is 14.6. The maximum absolute atomic E-state index is 12.4. The third-order valence-electron chi connectivity index (χ3n) is 6.38. The lowest BCUT2D eigenvalue weighted by molar-refractivity contribution is -0.0333. The van der Waals surface area contributed by atoms with E-state index in [2.05, 4.69) is 27.8 Å². The molecule has 8 nitrogen and oxygen atoms in total. The number of methoxy groups -OCH3 is 1. The number of aliphatic imine (C=N–C) groups is 1. The molecule has 1 aliphatic heterocycles. The summed E-state index contributed by atoms with van der Waals surface area (Å²) in [6.45, 7) is 8.39. The summed E-state index contributed by atoms with van der Waals surface area (Å²) in [6.07, 6.45) is 6.26. The smallest absolute Gasteiger partial charge is 0.251 e. The van der Waals surface area contributed by atoms with Gasteiger partial charge in [0, 0.05) is 43.8 Å². The molecule has 1 saturated carbocycles. The van der Waals surface area contributed by atoms with Gasteiger partial charge in [-0.2, -0.15) is 0 Å². The summed E-state index contributed by atoms with van der Waals surface area (Å²) in [5, 5.41) is 9.66. The Kier molecular flexibility index (Phi) is 12.3. The first-order chi connectivity index (χ1) is 15.7. The lowest BCUT2D eigenvalue weighted by atomic mass is 9.80. The van der Waals surface area contributed by atoms with Crippen LogP contribution in [-0.4, -0.2) is 81.9 Å². The Morgan fingerprint density at radius 2 is 1.85 bits per heavy atom. The van der Waals surface area contributed by atoms with Crippen LogP contribution in [0.4, 0.5) is 0 Å². The lowest BCUT2D eigenvalue weighted by Crippen LogP contribution is -2.56. The fraction of sp³-hybridized carbons (Fsp3) is 0.667. The molecular weight excluding hydrogens is 533 g/mol. The van der Waals surface area contributed by atoms with E-state index in [9.17, 15) is 4.79 Å². The summed E-state index contributed by atoms with van der Waals surface area (Å²) >= 11 is 0. The highest BCUT2D eigenvalue weighted by molar-refractivity contribution is 14.0. The fourth-order valence-electron chi connectivity index (χ4n) is 4.61. The van der Waals surface area contributed by atoms with E-state index in [1.54, 1.807) is 19.2 Å². The minimum Gasteiger partial charge on any atom is -0.497 e. The number of nitrogens with one attached hydrogen (secondary N) is 3. The van der Waals surface area contributed by atoms with Crippen LogP contribution < -0.4 is 20.7 Å². The number of guanidine groups is 1. The van der Waals surface area contributed by atoms with Gasteiger partial charge in [-0.15, -0.1) is 24.0 Å². The summed E-state index contributed by atoms with van der Waals surface area (Å²) in [7, 11) is 1.60. The van der Waals surface area contributed by atoms with E-state index >= 15 is 0 Å². The van der Waals surface area contributed by atoms with E-state index in [1.165, 1.54) is 32.1 Å². The predicted molar refractivity (Wildman–Crippen MR) is 143 cm³/mol. The van der Waals surface area contributed by atoms with Crippen LogP contribution in [0.25, 0.3) is 0 Å². The van der Waals surface area contributed by atoms with Crippen LogP contribution in [0.5, 0.6) is 5.75 Å². The second-order valence-corrected chi connectivity index (χ2v) is 8.49. The van der Waals surface area contributed by atoms with Crippen molar-refractivity contribution in [2.24, 2.45) is 4.99 Å². The van der Waals surface area contributed by atoms with Gasteiger partial charge in [0.15, 0.2) is 5.96 Å². The highest BCUT2D eigenvalue weighted by Crippen LogP contribution is 2.34. The molecule has 2 fully saturated rings. The van der Waals surface area contributed by atoms with Crippen LogP contribution in [0.2, 0.25) is 0 Å². The number of ether oxygens (including phenoxy) is 2. The number of hydrogen-bond acceptors (Lipinski definition) is 5. The molecule has 0 radical (unpaired) electrons. The number of nitrogens with zero attached hydrogens (tertiary/aromatic N) is 2. The zero-order chi connectivity index (χ0) is 22.7. The van der Waals surface area contributed by atoms with E-state index in [0.29, 0.717) is 24.4 Å². The largest absolute Gasteiger partial charge is 0.497 e. The minimum atomic E-state index is -0.110. The molecule has 1 aliphatic carbocycles. The molecule has 0 atom stereocenters. The van der Waals surface area contributed by atoms with Crippen molar-refractivity contribution in [2.75, 3.05) is 59.6 Å². The van der Waals surface area contributed by atoms with E-state index < -0.39 is 0 Å². The Morgan fingerprint density at radius 1 is 1.12 bits per heavy atom. The van der Waals surface area contributed by atoms with Crippen LogP contribution in [0.1, 0.15) is 49.4 Å². The number of benzene rings is 1. The Balaban J connectivity index is 0.00000385. The van der Waals surface area contributed by atoms with Crippen molar-refractivity contribution in [2.45, 2.75) is 44.6 Å². The number of carbonyl (C=O) groups is 1. The molecule has 1 aromatic carbocycles. The van der Waals surface area contributed by atoms with Gasteiger partial charge < -0.3 is 25.4 Å². The van der Waals surface area contributed by atoms with Gasteiger partial charge in [-0.25, -0.2) is 0 Å². The Labute approximate surface area is 215 Å². The average molecular weight is 574 g/mol. The zero-order valence-electron chi connectivity index (χ0n) is 20.0. The summed E-state index contributed by atoms with van der Waals surface area (Å²) < 4.78 is 10.8. The molecule has 1 heterocycles. The number of carbonyl (C=O) groups excluding carboxylic acids is 1. The van der Waals surface area contributed by atoms with Crippen molar-refractivity contribution in [1.29, 1.82) is 0 Å². The topological polar surface area (TPSA) is 87.2 Å². The van der Waals surface area contributed by atoms with Gasteiger partial charge in [0.1, 0.15) is 5.75 Å². The first-order valence-electron chi connectivity index (χ1n) is 11.9. The summed E-state index contributed by atoms with van der Waals surface area (Å²) in [5.41, 5.74) is 0.736. The predicted octanol–water partition coefficient (Wildman–Crippen LogP) is 2.63. The SMILES string of the molecule is CCNC(=NCC1(N2CCOCC2)CCCCC1)NCCNC(=O)c1cccc(OC)c1.I. The summed E-state index contributed by atoms with van der Waals surface area (Å²) in [4.78, 5) is 19.9. The number of hydrogen-bond donors (Lipinski definition) is 3. The number of morpholine rings is 1. The van der Waals surface area contributed by atoms with E-state index in [-0.39, 0.29) is 35.4 Å². The Morgan fingerprint density at radius 3 is 2.55 bits per heavy atom. The number of rotatable bonds is 9. The molecule has 0 aromatic heterocycles. The standard InChI is InChI=1S/C24H39N5O3.HI/c1-3-25-23(27-13-12-26-22(30)20-8-7-9-21(18-20)31-2)28-19-24(10-5-4-6-11-24)29-14-16-32-17-15-29;/h7-9,18H,3-6,10-17,19H2,1-2H3,(H,26,30)(H2,25,27,28);1H. The van der Waals surface area contributed by atoms with Crippen molar-refractivity contribution in [3.05, 3.63) is 29.8 Å². The van der Waals surface area contributed by atoms with Gasteiger partial charge in [-0.1, -0.05) is 25.3 Å². The molecule has 0 unspecified atom stereocenters. The molecule has 2 aliphatic rings. The first-order valence-corrected chi connectivity index (χ1v) is 11.9. The summed E-state index contributed by atoms with van der Waals surface area (Å²) in [5.74, 6) is 1.37. The van der Waals surface area contributed by atoms with Gasteiger partial charge in [0.2, 0.25) is 0 Å². The molecule has 33 heavy (non-hydrogen) atoms. The highest BCUT2D eigenvalue weighted by Gasteiger charge is 2.38. The second-order valence-electron chi connectivity index (χ2n) is 8.49. The minimum absolute atomic E-state index is 0. The molecule has 1 amide bonds. The van der Waals surface area contributed by atoms with Gasteiger partial charge in [0.05, 0.1) is 26.9 Å². The molecule has 3 N–H and O–H groups in total. The zero-order valence-corrected chi connectivity index (χ0v) is 22.4. The van der Waals surface area contributed by atoms with Crippen molar-refractivity contribution < 1.29 is 14.3 Å². The van der Waals surface area contributed by atoms with Gasteiger partial charge in [-0.3, -0.25) is 14.7 Å². The third kappa shape index (κ3) is 8.29. The van der Waals surface area contributed by atoms with E-state index in [0.717, 1.165) is 45.4 Å². The fourth-order valence-corrected chi connectivity index (χ4v) is 4.61. The Bertz CT molecular complexity index is 749. The molecule has 1 saturated heterocycles. The maximum Gasteiger partial charge on any atom is 0.251 e. The van der Waals surface area contributed by atoms with Crippen LogP contribution >= 0.6 is 24.0 Å². The highest BCUT2D eigenvalue weighted by atomic mass is 127. The van der Waals surface area contributed by atoms with Crippen LogP contribution in [0.15, 0.2) is 29.3 Å². The monoisotopic (exact) mass is 573 g/mol. The number of amides is 1. The quantitative estimate of drug-likeness (QED) is 0.182. The van der Waals surface area contributed by atoms with E-state index in [1.807, 2.05) is 12.1 Å². The maximum atomic E-state index is 12.4. The van der Waals surface area contributed by atoms with Gasteiger partial charge >= 0.3 is 0 Å². The van der Waals surface area contributed by atoms with Gasteiger partial charge in [-0.05, 0) is 38.0 Å². The third-order valence-corrected chi connectivity index (χ3v) is 6.38. The van der Waals surface area contributed by atoms with Crippen LogP contribution in [-0.2, 0) is 4.74 Å². The van der Waals surface area contributed by atoms with E-state index in [4.69, 9.17) is 14.5 Å². The summed E-state index contributed by atoms with van der Waals surface area (Å²) in [6, 6.07) is 7.17. The van der Waals surface area contributed by atoms with Crippen molar-refractivity contribution in [3.8, 4) is 5.75 Å². The van der Waals surface area contributed by atoms with Crippen LogP contribution in [0, 0.1) is 0 Å². The molecule has 186 valence electrons. The average Bonchev–Trinajstić information content (AvgIpc) is 2.86. The van der Waals surface area contributed by atoms with Crippen LogP contribution in [0.3, 0.4) is 0 Å². The van der Waals surface area contributed by atoms with Crippen molar-refractivity contribution >= 4 is 35.8 Å². The lowest BCUT2D eigenvalue weighted by Gasteiger charge is -2.47. The molecule has 3 rings (SSSR count). The van der Waals surface area contributed by atoms with Crippen molar-refractivity contribution in [1.82, 2.24) is 20.9 Å². The van der Waals surface area contributed by atoms with Crippen molar-refractivity contribution in [3.63, 3.8) is 0 Å². The molecule has 9 heteroatoms. The molecule has 0 spiro atoms. The Hall–Kier alpha value is -1.59. The molecular formula is C24H40IN5O3. The normalized spacial score (nSPS) is 18.7. The first kappa shape index (κ1) is 27.7. The number of halogens is 1. The molecule has 1 aromatic rings. The van der Waals surface area contributed by atoms with Gasteiger partial charge in [0.25, 0.3) is 5.91 Å².